The Hall–Kier alpha value is -1.22. The van der Waals surface area contributed by atoms with Crippen LogP contribution >= 0.6 is 0 Å². The molecule has 0 amide bonds. The third-order valence-corrected chi connectivity index (χ3v) is 2.12. The van der Waals surface area contributed by atoms with E-state index in [9.17, 15) is 5.11 Å². The van der Waals surface area contributed by atoms with E-state index in [-0.39, 0.29) is 11.9 Å². The van der Waals surface area contributed by atoms with Crippen LogP contribution in [0.5, 0.6) is 11.5 Å². The maximum absolute atomic E-state index is 9.51. The first-order valence-corrected chi connectivity index (χ1v) is 4.67. The van der Waals surface area contributed by atoms with Gasteiger partial charge in [0, 0.05) is 0 Å². The first kappa shape index (κ1) is 10.9. The summed E-state index contributed by atoms with van der Waals surface area (Å²) in [6.45, 7) is 1.73. The molecule has 0 heterocycles. The topological polar surface area (TPSA) is 49.7 Å². The zero-order valence-corrected chi connectivity index (χ0v) is 8.53. The van der Waals surface area contributed by atoms with E-state index >= 15 is 0 Å². The Bertz CT molecular complexity index is 295. The summed E-state index contributed by atoms with van der Waals surface area (Å²) in [6, 6.07) is 5.11. The SMILES string of the molecule is COc1ccc(O)c(CCC(C)O)c1. The van der Waals surface area contributed by atoms with Gasteiger partial charge in [-0.2, -0.15) is 0 Å². The van der Waals surface area contributed by atoms with E-state index in [1.165, 1.54) is 0 Å². The molecule has 0 aliphatic heterocycles. The predicted octanol–water partition coefficient (Wildman–Crippen LogP) is 1.71. The van der Waals surface area contributed by atoms with Gasteiger partial charge in [0.05, 0.1) is 13.2 Å². The highest BCUT2D eigenvalue weighted by Gasteiger charge is 2.04. The van der Waals surface area contributed by atoms with E-state index in [0.717, 1.165) is 11.3 Å². The van der Waals surface area contributed by atoms with Crippen LogP contribution in [0.3, 0.4) is 0 Å². The molecule has 0 radical (unpaired) electrons. The lowest BCUT2D eigenvalue weighted by Crippen LogP contribution is -2.01. The Morgan fingerprint density at radius 3 is 2.71 bits per heavy atom. The second-order valence-corrected chi connectivity index (χ2v) is 3.38. The van der Waals surface area contributed by atoms with Gasteiger partial charge < -0.3 is 14.9 Å². The Morgan fingerprint density at radius 1 is 1.43 bits per heavy atom. The molecule has 1 rings (SSSR count). The van der Waals surface area contributed by atoms with Crippen molar-refractivity contribution in [1.82, 2.24) is 0 Å². The highest BCUT2D eigenvalue weighted by molar-refractivity contribution is 5.39. The molecule has 1 atom stereocenters. The third-order valence-electron chi connectivity index (χ3n) is 2.12. The molecule has 2 N–H and O–H groups in total. The van der Waals surface area contributed by atoms with Crippen LogP contribution in [0.4, 0.5) is 0 Å². The summed E-state index contributed by atoms with van der Waals surface area (Å²) in [5, 5.41) is 18.6. The summed E-state index contributed by atoms with van der Waals surface area (Å²) < 4.78 is 5.04. The summed E-state index contributed by atoms with van der Waals surface area (Å²) in [5.41, 5.74) is 0.810. The highest BCUT2D eigenvalue weighted by Crippen LogP contribution is 2.24. The van der Waals surface area contributed by atoms with Gasteiger partial charge in [-0.25, -0.2) is 0 Å². The van der Waals surface area contributed by atoms with Gasteiger partial charge >= 0.3 is 0 Å². The van der Waals surface area contributed by atoms with Crippen molar-refractivity contribution >= 4 is 0 Å². The summed E-state index contributed by atoms with van der Waals surface area (Å²) >= 11 is 0. The molecule has 1 aromatic carbocycles. The summed E-state index contributed by atoms with van der Waals surface area (Å²) in [5.74, 6) is 0.981. The lowest BCUT2D eigenvalue weighted by Gasteiger charge is -2.08. The number of aromatic hydroxyl groups is 1. The fourth-order valence-electron chi connectivity index (χ4n) is 1.25. The van der Waals surface area contributed by atoms with Crippen molar-refractivity contribution in [3.05, 3.63) is 23.8 Å². The molecule has 0 saturated carbocycles. The molecular formula is C11H16O3. The molecule has 0 aliphatic rings. The normalized spacial score (nSPS) is 12.5. The van der Waals surface area contributed by atoms with Crippen LogP contribution in [0.2, 0.25) is 0 Å². The van der Waals surface area contributed by atoms with Gasteiger partial charge in [-0.3, -0.25) is 0 Å². The zero-order chi connectivity index (χ0) is 10.6. The molecule has 14 heavy (non-hydrogen) atoms. The highest BCUT2D eigenvalue weighted by atomic mass is 16.5. The molecule has 1 aromatic rings. The van der Waals surface area contributed by atoms with Gasteiger partial charge in [-0.1, -0.05) is 0 Å². The smallest absolute Gasteiger partial charge is 0.119 e. The predicted molar refractivity (Wildman–Crippen MR) is 54.7 cm³/mol. The van der Waals surface area contributed by atoms with Crippen molar-refractivity contribution in [2.24, 2.45) is 0 Å². The fraction of sp³-hybridized carbons (Fsp3) is 0.455. The van der Waals surface area contributed by atoms with Gasteiger partial charge in [0.1, 0.15) is 11.5 Å². The maximum Gasteiger partial charge on any atom is 0.119 e. The summed E-state index contributed by atoms with van der Waals surface area (Å²) in [7, 11) is 1.59. The monoisotopic (exact) mass is 196 g/mol. The van der Waals surface area contributed by atoms with Crippen LogP contribution in [0.25, 0.3) is 0 Å². The Labute approximate surface area is 84.0 Å². The Morgan fingerprint density at radius 2 is 2.14 bits per heavy atom. The molecule has 3 heteroatoms. The van der Waals surface area contributed by atoms with Crippen LogP contribution in [0.15, 0.2) is 18.2 Å². The number of hydrogen-bond acceptors (Lipinski definition) is 3. The number of hydrogen-bond donors (Lipinski definition) is 2. The lowest BCUT2D eigenvalue weighted by atomic mass is 10.1. The molecule has 0 saturated heterocycles. The van der Waals surface area contributed by atoms with Crippen LogP contribution < -0.4 is 4.74 Å². The number of aliphatic hydroxyl groups is 1. The molecule has 0 spiro atoms. The second kappa shape index (κ2) is 4.86. The molecule has 3 nitrogen and oxygen atoms in total. The first-order chi connectivity index (χ1) is 6.63. The molecular weight excluding hydrogens is 180 g/mol. The van der Waals surface area contributed by atoms with E-state index < -0.39 is 0 Å². The molecule has 0 aromatic heterocycles. The first-order valence-electron chi connectivity index (χ1n) is 4.67. The van der Waals surface area contributed by atoms with Crippen molar-refractivity contribution in [3.8, 4) is 11.5 Å². The minimum absolute atomic E-state index is 0.256. The van der Waals surface area contributed by atoms with Gasteiger partial charge in [0.25, 0.3) is 0 Å². The number of aliphatic hydroxyl groups excluding tert-OH is 1. The van der Waals surface area contributed by atoms with Gasteiger partial charge in [-0.05, 0) is 43.5 Å². The zero-order valence-electron chi connectivity index (χ0n) is 8.53. The maximum atomic E-state index is 9.51. The van der Waals surface area contributed by atoms with Crippen molar-refractivity contribution in [2.75, 3.05) is 7.11 Å². The average Bonchev–Trinajstić information content (AvgIpc) is 2.16. The van der Waals surface area contributed by atoms with Crippen LogP contribution in [-0.2, 0) is 6.42 Å². The number of phenolic OH excluding ortho intramolecular Hbond substituents is 1. The van der Waals surface area contributed by atoms with Gasteiger partial charge in [0.15, 0.2) is 0 Å². The fourth-order valence-corrected chi connectivity index (χ4v) is 1.25. The average molecular weight is 196 g/mol. The number of phenols is 1. The molecule has 1 unspecified atom stereocenters. The summed E-state index contributed by atoms with van der Waals surface area (Å²) in [6.07, 6.45) is 0.946. The second-order valence-electron chi connectivity index (χ2n) is 3.38. The number of rotatable bonds is 4. The minimum atomic E-state index is -0.347. The van der Waals surface area contributed by atoms with E-state index in [1.54, 1.807) is 32.2 Å². The molecule has 0 fully saturated rings. The van der Waals surface area contributed by atoms with E-state index in [4.69, 9.17) is 9.84 Å². The van der Waals surface area contributed by atoms with E-state index in [0.29, 0.717) is 12.8 Å². The van der Waals surface area contributed by atoms with Crippen molar-refractivity contribution < 1.29 is 14.9 Å². The molecule has 0 bridgehead atoms. The third kappa shape index (κ3) is 2.92. The van der Waals surface area contributed by atoms with E-state index in [2.05, 4.69) is 0 Å². The largest absolute Gasteiger partial charge is 0.508 e. The quantitative estimate of drug-likeness (QED) is 0.770. The number of benzene rings is 1. The molecule has 0 aliphatic carbocycles. The van der Waals surface area contributed by atoms with Gasteiger partial charge in [0.2, 0.25) is 0 Å². The number of ether oxygens (including phenoxy) is 1. The van der Waals surface area contributed by atoms with Crippen molar-refractivity contribution in [3.63, 3.8) is 0 Å². The van der Waals surface area contributed by atoms with Gasteiger partial charge in [-0.15, -0.1) is 0 Å². The Kier molecular flexibility index (Phi) is 3.77. The van der Waals surface area contributed by atoms with Crippen LogP contribution in [0, 0.1) is 0 Å². The lowest BCUT2D eigenvalue weighted by molar-refractivity contribution is 0.184. The Balaban J connectivity index is 2.73. The minimum Gasteiger partial charge on any atom is -0.508 e. The van der Waals surface area contributed by atoms with Crippen molar-refractivity contribution in [2.45, 2.75) is 25.9 Å². The van der Waals surface area contributed by atoms with Crippen LogP contribution in [0.1, 0.15) is 18.9 Å². The standard InChI is InChI=1S/C11H16O3/c1-8(12)3-4-9-7-10(14-2)5-6-11(9)13/h5-8,12-13H,3-4H2,1-2H3. The number of aryl methyl sites for hydroxylation is 1. The number of methoxy groups -OCH3 is 1. The summed E-state index contributed by atoms with van der Waals surface area (Å²) in [4.78, 5) is 0. The van der Waals surface area contributed by atoms with Crippen LogP contribution in [-0.4, -0.2) is 23.4 Å². The molecule has 78 valence electrons. The van der Waals surface area contributed by atoms with Crippen molar-refractivity contribution in [1.29, 1.82) is 0 Å². The van der Waals surface area contributed by atoms with E-state index in [1.807, 2.05) is 0 Å².